The fraction of sp³-hybridized carbons (Fsp3) is 0.190. The number of hydrogen-bond acceptors (Lipinski definition) is 3. The molecule has 2 aromatic carbocycles. The standard InChI is InChI=1S/C21H20N4O3/c1-13-6-8-15(9-7-13)23-19(26)12-25-20(27)18(24-21(25)28)10-14-11-22-17-5-3-2-4-16(14)17/h2-9,11,18,22H,10,12H2,1H3,(H,23,26)(H,24,28)/t18-/m0/s1. The molecule has 7 nitrogen and oxygen atoms in total. The number of H-pyrrole nitrogens is 1. The number of nitrogens with one attached hydrogen (secondary N) is 3. The minimum absolute atomic E-state index is 0.317. The first kappa shape index (κ1) is 17.8. The maximum absolute atomic E-state index is 12.7. The summed E-state index contributed by atoms with van der Waals surface area (Å²) in [6.45, 7) is 1.63. The molecule has 3 N–H and O–H groups in total. The van der Waals surface area contributed by atoms with Crippen molar-refractivity contribution in [2.75, 3.05) is 11.9 Å². The second-order valence-electron chi connectivity index (χ2n) is 6.90. The van der Waals surface area contributed by atoms with Crippen LogP contribution in [0.25, 0.3) is 10.9 Å². The van der Waals surface area contributed by atoms with Gasteiger partial charge in [0, 0.05) is 29.2 Å². The van der Waals surface area contributed by atoms with Crippen LogP contribution in [0.1, 0.15) is 11.1 Å². The van der Waals surface area contributed by atoms with Gasteiger partial charge in [-0.05, 0) is 30.7 Å². The highest BCUT2D eigenvalue weighted by Gasteiger charge is 2.39. The van der Waals surface area contributed by atoms with E-state index in [1.807, 2.05) is 49.5 Å². The number of anilines is 1. The van der Waals surface area contributed by atoms with E-state index in [1.165, 1.54) is 0 Å². The first-order valence-corrected chi connectivity index (χ1v) is 9.04. The number of aromatic nitrogens is 1. The molecule has 4 amide bonds. The molecule has 0 saturated carbocycles. The molecule has 1 aromatic heterocycles. The smallest absolute Gasteiger partial charge is 0.325 e. The molecule has 0 bridgehead atoms. The molecule has 3 aromatic rings. The van der Waals surface area contributed by atoms with Gasteiger partial charge in [-0.15, -0.1) is 0 Å². The topological polar surface area (TPSA) is 94.3 Å². The van der Waals surface area contributed by atoms with Crippen molar-refractivity contribution < 1.29 is 14.4 Å². The SMILES string of the molecule is Cc1ccc(NC(=O)CN2C(=O)N[C@@H](Cc3c[nH]c4ccccc34)C2=O)cc1. The largest absolute Gasteiger partial charge is 0.361 e. The first-order chi connectivity index (χ1) is 13.5. The molecule has 1 fully saturated rings. The maximum atomic E-state index is 12.7. The molecule has 2 heterocycles. The number of carbonyl (C=O) groups is 3. The minimum Gasteiger partial charge on any atom is -0.361 e. The third-order valence-corrected chi connectivity index (χ3v) is 4.84. The van der Waals surface area contributed by atoms with Gasteiger partial charge in [0.1, 0.15) is 12.6 Å². The normalized spacial score (nSPS) is 16.5. The van der Waals surface area contributed by atoms with Gasteiger partial charge in [-0.1, -0.05) is 35.9 Å². The van der Waals surface area contributed by atoms with Crippen LogP contribution < -0.4 is 10.6 Å². The van der Waals surface area contributed by atoms with Crippen LogP contribution in [0.5, 0.6) is 0 Å². The second-order valence-corrected chi connectivity index (χ2v) is 6.90. The molecule has 7 heteroatoms. The number of imide groups is 1. The van der Waals surface area contributed by atoms with Crippen LogP contribution in [-0.4, -0.2) is 40.3 Å². The summed E-state index contributed by atoms with van der Waals surface area (Å²) in [6, 6.07) is 13.9. The number of hydrogen-bond donors (Lipinski definition) is 3. The lowest BCUT2D eigenvalue weighted by molar-refractivity contribution is -0.130. The first-order valence-electron chi connectivity index (χ1n) is 9.04. The Labute approximate surface area is 161 Å². The molecule has 0 radical (unpaired) electrons. The van der Waals surface area contributed by atoms with Crippen LogP contribution in [0.2, 0.25) is 0 Å². The average molecular weight is 376 g/mol. The van der Waals surface area contributed by atoms with Crippen molar-refractivity contribution in [2.45, 2.75) is 19.4 Å². The Kier molecular flexibility index (Phi) is 4.57. The fourth-order valence-corrected chi connectivity index (χ4v) is 3.37. The summed E-state index contributed by atoms with van der Waals surface area (Å²) >= 11 is 0. The molecule has 28 heavy (non-hydrogen) atoms. The van der Waals surface area contributed by atoms with E-state index in [1.54, 1.807) is 12.1 Å². The lowest BCUT2D eigenvalue weighted by Crippen LogP contribution is -2.38. The van der Waals surface area contributed by atoms with Crippen LogP contribution in [0.3, 0.4) is 0 Å². The molecule has 1 saturated heterocycles. The summed E-state index contributed by atoms with van der Waals surface area (Å²) in [7, 11) is 0. The summed E-state index contributed by atoms with van der Waals surface area (Å²) in [5.74, 6) is -0.811. The monoisotopic (exact) mass is 376 g/mol. The van der Waals surface area contributed by atoms with Gasteiger partial charge in [-0.2, -0.15) is 0 Å². The van der Waals surface area contributed by atoms with E-state index < -0.39 is 23.9 Å². The van der Waals surface area contributed by atoms with E-state index in [0.29, 0.717) is 12.1 Å². The molecule has 1 aliphatic heterocycles. The minimum atomic E-state index is -0.682. The van der Waals surface area contributed by atoms with Crippen molar-refractivity contribution in [3.8, 4) is 0 Å². The molecule has 0 spiro atoms. The van der Waals surface area contributed by atoms with Crippen molar-refractivity contribution in [1.29, 1.82) is 0 Å². The zero-order chi connectivity index (χ0) is 19.7. The molecular weight excluding hydrogens is 356 g/mol. The Balaban J connectivity index is 1.42. The highest BCUT2D eigenvalue weighted by molar-refractivity contribution is 6.08. The van der Waals surface area contributed by atoms with Crippen LogP contribution in [-0.2, 0) is 16.0 Å². The van der Waals surface area contributed by atoms with E-state index in [2.05, 4.69) is 15.6 Å². The lowest BCUT2D eigenvalue weighted by atomic mass is 10.1. The number of urea groups is 1. The highest BCUT2D eigenvalue weighted by Crippen LogP contribution is 2.21. The molecule has 0 unspecified atom stereocenters. The van der Waals surface area contributed by atoms with E-state index in [0.717, 1.165) is 26.9 Å². The number of rotatable bonds is 5. The molecular formula is C21H20N4O3. The number of carbonyl (C=O) groups excluding carboxylic acids is 3. The average Bonchev–Trinajstić information content (AvgIpc) is 3.20. The van der Waals surface area contributed by atoms with Gasteiger partial charge in [0.05, 0.1) is 0 Å². The summed E-state index contributed by atoms with van der Waals surface area (Å²) in [5, 5.41) is 6.39. The van der Waals surface area contributed by atoms with Crippen molar-refractivity contribution in [3.05, 3.63) is 65.9 Å². The van der Waals surface area contributed by atoms with E-state index in [4.69, 9.17) is 0 Å². The number of fused-ring (bicyclic) bond motifs is 1. The second kappa shape index (κ2) is 7.19. The zero-order valence-electron chi connectivity index (χ0n) is 15.4. The van der Waals surface area contributed by atoms with Crippen molar-refractivity contribution in [2.24, 2.45) is 0 Å². The highest BCUT2D eigenvalue weighted by atomic mass is 16.2. The van der Waals surface area contributed by atoms with Crippen LogP contribution >= 0.6 is 0 Å². The van der Waals surface area contributed by atoms with Gasteiger partial charge in [0.25, 0.3) is 5.91 Å². The van der Waals surface area contributed by atoms with Crippen LogP contribution in [0, 0.1) is 6.92 Å². The Morgan fingerprint density at radius 1 is 1.11 bits per heavy atom. The van der Waals surface area contributed by atoms with Gasteiger partial charge >= 0.3 is 6.03 Å². The van der Waals surface area contributed by atoms with Crippen molar-refractivity contribution in [3.63, 3.8) is 0 Å². The molecule has 4 rings (SSSR count). The summed E-state index contributed by atoms with van der Waals surface area (Å²) in [5.41, 5.74) is 3.62. The molecule has 1 atom stereocenters. The Morgan fingerprint density at radius 3 is 2.64 bits per heavy atom. The maximum Gasteiger partial charge on any atom is 0.325 e. The predicted molar refractivity (Wildman–Crippen MR) is 106 cm³/mol. The third kappa shape index (κ3) is 3.46. The Hall–Kier alpha value is -3.61. The number of amides is 4. The molecule has 142 valence electrons. The van der Waals surface area contributed by atoms with Gasteiger partial charge in [0.15, 0.2) is 0 Å². The van der Waals surface area contributed by atoms with Gasteiger partial charge in [-0.25, -0.2) is 4.79 Å². The number of nitrogens with zero attached hydrogens (tertiary/aromatic N) is 1. The van der Waals surface area contributed by atoms with Crippen molar-refractivity contribution >= 4 is 34.4 Å². The lowest BCUT2D eigenvalue weighted by Gasteiger charge is -2.13. The number of aromatic amines is 1. The Morgan fingerprint density at radius 2 is 1.86 bits per heavy atom. The summed E-state index contributed by atoms with van der Waals surface area (Å²) < 4.78 is 0. The fourth-order valence-electron chi connectivity index (χ4n) is 3.37. The van der Waals surface area contributed by atoms with Gasteiger partial charge in [-0.3, -0.25) is 14.5 Å². The van der Waals surface area contributed by atoms with Gasteiger partial charge < -0.3 is 15.6 Å². The predicted octanol–water partition coefficient (Wildman–Crippen LogP) is 2.58. The van der Waals surface area contributed by atoms with E-state index in [9.17, 15) is 14.4 Å². The molecule has 1 aliphatic rings. The van der Waals surface area contributed by atoms with E-state index >= 15 is 0 Å². The molecule has 0 aliphatic carbocycles. The third-order valence-electron chi connectivity index (χ3n) is 4.84. The van der Waals surface area contributed by atoms with Crippen molar-refractivity contribution in [1.82, 2.24) is 15.2 Å². The van der Waals surface area contributed by atoms with Crippen LogP contribution in [0.4, 0.5) is 10.5 Å². The number of aryl methyl sites for hydroxylation is 1. The Bertz CT molecular complexity index is 1050. The summed E-state index contributed by atoms with van der Waals surface area (Å²) in [4.78, 5) is 41.3. The van der Waals surface area contributed by atoms with E-state index in [-0.39, 0.29) is 6.54 Å². The number of benzene rings is 2. The van der Waals surface area contributed by atoms with Gasteiger partial charge in [0.2, 0.25) is 5.91 Å². The zero-order valence-corrected chi connectivity index (χ0v) is 15.4. The van der Waals surface area contributed by atoms with Crippen LogP contribution in [0.15, 0.2) is 54.7 Å². The number of para-hydroxylation sites is 1. The quantitative estimate of drug-likeness (QED) is 0.598. The summed E-state index contributed by atoms with van der Waals surface area (Å²) in [6.07, 6.45) is 2.21.